The maximum atomic E-state index is 12.7. The van der Waals surface area contributed by atoms with Gasteiger partial charge in [0.25, 0.3) is 7.82 Å². The molecule has 0 N–H and O–H groups in total. The van der Waals surface area contributed by atoms with Gasteiger partial charge in [-0.15, -0.1) is 0 Å². The van der Waals surface area contributed by atoms with E-state index in [2.05, 4.69) is 50.3 Å². The maximum absolute atomic E-state index is 12.7. The molecule has 0 aliphatic carbocycles. The zero-order valence-corrected chi connectivity index (χ0v) is 39.6. The van der Waals surface area contributed by atoms with Gasteiger partial charge in [0.15, 0.2) is 0 Å². The zero-order valence-electron chi connectivity index (χ0n) is 38.7. The first-order valence-corrected chi connectivity index (χ1v) is 25.7. The first kappa shape index (κ1) is 56.7. The van der Waals surface area contributed by atoms with E-state index in [1.807, 2.05) is 21.1 Å². The summed E-state index contributed by atoms with van der Waals surface area (Å²) < 4.78 is 34.7. The largest absolute Gasteiger partial charge is 0.756 e. The smallest absolute Gasteiger partial charge is 0.306 e. The van der Waals surface area contributed by atoms with Gasteiger partial charge < -0.3 is 27.9 Å². The molecule has 0 radical (unpaired) electrons. The number of likely N-dealkylation sites (N-methyl/N-ethyl adjacent to an activating group) is 1. The minimum absolute atomic E-state index is 0.0236. The van der Waals surface area contributed by atoms with E-state index in [-0.39, 0.29) is 25.8 Å². The highest BCUT2D eigenvalue weighted by molar-refractivity contribution is 7.45. The Bertz CT molecular complexity index is 1020. The number of hydrogen-bond donors (Lipinski definition) is 0. The minimum Gasteiger partial charge on any atom is -0.756 e. The van der Waals surface area contributed by atoms with Crippen molar-refractivity contribution in [1.82, 2.24) is 0 Å². The lowest BCUT2D eigenvalue weighted by Crippen LogP contribution is -2.37. The Kier molecular flexibility index (Phi) is 41.5. The number of carbonyl (C=O) groups excluding carboxylic acids is 1. The van der Waals surface area contributed by atoms with Crippen molar-refractivity contribution in [3.63, 3.8) is 0 Å². The van der Waals surface area contributed by atoms with Crippen LogP contribution in [0.1, 0.15) is 213 Å². The molecule has 0 aliphatic rings. The van der Waals surface area contributed by atoms with Crippen molar-refractivity contribution in [3.05, 3.63) is 36.5 Å². The second kappa shape index (κ2) is 42.4. The van der Waals surface area contributed by atoms with Crippen LogP contribution in [0.25, 0.3) is 0 Å². The molecule has 0 saturated carbocycles. The number of nitrogens with zero attached hydrogens (tertiary/aromatic N) is 1. The molecule has 0 aromatic carbocycles. The van der Waals surface area contributed by atoms with E-state index in [0.29, 0.717) is 24.1 Å². The van der Waals surface area contributed by atoms with Crippen LogP contribution in [0.4, 0.5) is 0 Å². The summed E-state index contributed by atoms with van der Waals surface area (Å²) in [5.74, 6) is -0.339. The molecular weight excluding hydrogens is 746 g/mol. The number of unbranched alkanes of at least 4 members (excludes halogenated alkanes) is 25. The third kappa shape index (κ3) is 45.8. The van der Waals surface area contributed by atoms with Crippen molar-refractivity contribution in [2.45, 2.75) is 219 Å². The topological polar surface area (TPSA) is 94.1 Å². The Morgan fingerprint density at radius 1 is 0.534 bits per heavy atom. The molecule has 0 rings (SSSR count). The molecule has 9 heteroatoms. The highest BCUT2D eigenvalue weighted by Crippen LogP contribution is 2.38. The summed E-state index contributed by atoms with van der Waals surface area (Å²) in [6.45, 7) is 5.39. The van der Waals surface area contributed by atoms with Crippen LogP contribution < -0.4 is 4.89 Å². The lowest BCUT2D eigenvalue weighted by molar-refractivity contribution is -0.870. The zero-order chi connectivity index (χ0) is 42.7. The van der Waals surface area contributed by atoms with Crippen molar-refractivity contribution in [2.75, 3.05) is 54.1 Å². The lowest BCUT2D eigenvalue weighted by Gasteiger charge is -2.28. The van der Waals surface area contributed by atoms with Crippen LogP contribution in [0, 0.1) is 0 Å². The molecular formula is C49H94NO7P. The summed E-state index contributed by atoms with van der Waals surface area (Å²) in [4.78, 5) is 25.1. The van der Waals surface area contributed by atoms with Crippen LogP contribution in [0.3, 0.4) is 0 Å². The molecule has 8 nitrogen and oxygen atoms in total. The van der Waals surface area contributed by atoms with Gasteiger partial charge >= 0.3 is 5.97 Å². The van der Waals surface area contributed by atoms with Gasteiger partial charge in [-0.1, -0.05) is 172 Å². The van der Waals surface area contributed by atoms with Crippen LogP contribution >= 0.6 is 7.82 Å². The predicted molar refractivity (Wildman–Crippen MR) is 245 cm³/mol. The Morgan fingerprint density at radius 2 is 0.948 bits per heavy atom. The number of esters is 1. The van der Waals surface area contributed by atoms with Crippen molar-refractivity contribution in [3.8, 4) is 0 Å². The van der Waals surface area contributed by atoms with E-state index in [1.165, 1.54) is 141 Å². The van der Waals surface area contributed by atoms with Gasteiger partial charge in [0.1, 0.15) is 19.3 Å². The lowest BCUT2D eigenvalue weighted by atomic mass is 10.1. The van der Waals surface area contributed by atoms with Crippen molar-refractivity contribution in [1.29, 1.82) is 0 Å². The number of phosphoric acid groups is 1. The number of rotatable bonds is 45. The van der Waals surface area contributed by atoms with Gasteiger partial charge in [-0.2, -0.15) is 0 Å². The van der Waals surface area contributed by atoms with Crippen molar-refractivity contribution in [2.24, 2.45) is 0 Å². The van der Waals surface area contributed by atoms with Crippen molar-refractivity contribution >= 4 is 13.8 Å². The highest BCUT2D eigenvalue weighted by atomic mass is 31.2. The summed E-state index contributed by atoms with van der Waals surface area (Å²) in [6, 6.07) is 0. The van der Waals surface area contributed by atoms with E-state index >= 15 is 0 Å². The second-order valence-corrected chi connectivity index (χ2v) is 18.9. The third-order valence-electron chi connectivity index (χ3n) is 10.4. The fraction of sp³-hybridized carbons (Fsp3) is 0.857. The molecule has 0 spiro atoms. The molecule has 0 aromatic heterocycles. The molecule has 0 saturated heterocycles. The number of carbonyl (C=O) groups is 1. The second-order valence-electron chi connectivity index (χ2n) is 17.5. The average Bonchev–Trinajstić information content (AvgIpc) is 3.18. The van der Waals surface area contributed by atoms with Gasteiger partial charge in [0, 0.05) is 13.0 Å². The molecule has 0 amide bonds. The fourth-order valence-electron chi connectivity index (χ4n) is 6.63. The fourth-order valence-corrected chi connectivity index (χ4v) is 7.36. The van der Waals surface area contributed by atoms with E-state index in [0.717, 1.165) is 51.4 Å². The number of quaternary nitrogens is 1. The Hall–Kier alpha value is -1.28. The van der Waals surface area contributed by atoms with Crippen LogP contribution in [0.15, 0.2) is 36.5 Å². The molecule has 0 aliphatic heterocycles. The summed E-state index contributed by atoms with van der Waals surface area (Å²) in [5.41, 5.74) is 0. The summed E-state index contributed by atoms with van der Waals surface area (Å²) in [6.07, 6.45) is 50.1. The molecule has 0 aromatic rings. The number of phosphoric ester groups is 1. The normalized spacial score (nSPS) is 14.0. The summed E-state index contributed by atoms with van der Waals surface area (Å²) in [5, 5.41) is 0. The maximum Gasteiger partial charge on any atom is 0.306 e. The first-order chi connectivity index (χ1) is 28.1. The van der Waals surface area contributed by atoms with Gasteiger partial charge in [0.2, 0.25) is 0 Å². The standard InChI is InChI=1S/C49H94NO7P/c1-6-8-10-12-14-16-18-20-22-24-25-26-28-30-32-34-36-38-40-42-49(51)57-48(47-56-58(52,53)55-45-43-50(3,4)5)46-54-44-41-39-37-35-33-31-29-27-23-21-19-17-15-13-11-9-7-2/h17,19-20,22-23,27,48H,6-16,18,21,24-26,28-47H2,1-5H3/b19-17-,22-20-,27-23-. The van der Waals surface area contributed by atoms with Crippen LogP contribution in [0.5, 0.6) is 0 Å². The third-order valence-corrected chi connectivity index (χ3v) is 11.4. The molecule has 2 atom stereocenters. The molecule has 0 bridgehead atoms. The number of hydrogen-bond acceptors (Lipinski definition) is 7. The van der Waals surface area contributed by atoms with E-state index < -0.39 is 13.9 Å². The van der Waals surface area contributed by atoms with Crippen LogP contribution in [-0.4, -0.2) is 70.7 Å². The van der Waals surface area contributed by atoms with E-state index in [1.54, 1.807) is 0 Å². The van der Waals surface area contributed by atoms with Gasteiger partial charge in [-0.3, -0.25) is 9.36 Å². The minimum atomic E-state index is -4.53. The van der Waals surface area contributed by atoms with E-state index in [4.69, 9.17) is 18.5 Å². The van der Waals surface area contributed by atoms with Gasteiger partial charge in [0.05, 0.1) is 34.4 Å². The molecule has 58 heavy (non-hydrogen) atoms. The predicted octanol–water partition coefficient (Wildman–Crippen LogP) is 13.9. The Labute approximate surface area is 359 Å². The molecule has 342 valence electrons. The van der Waals surface area contributed by atoms with Gasteiger partial charge in [-0.25, -0.2) is 0 Å². The SMILES string of the molecule is CCCCCC/C=C\C/C=C\CCCCCCCCOCC(COP(=O)([O-])OCC[N+](C)(C)C)OC(=O)CCCCCCCCCCC/C=C\CCCCCCCC. The molecule has 0 heterocycles. The Morgan fingerprint density at radius 3 is 1.43 bits per heavy atom. The summed E-state index contributed by atoms with van der Waals surface area (Å²) in [7, 11) is 1.35. The van der Waals surface area contributed by atoms with Gasteiger partial charge in [-0.05, 0) is 70.6 Å². The molecule has 0 fully saturated rings. The average molecular weight is 840 g/mol. The highest BCUT2D eigenvalue weighted by Gasteiger charge is 2.20. The number of allylic oxidation sites excluding steroid dienone is 6. The summed E-state index contributed by atoms with van der Waals surface area (Å²) >= 11 is 0. The quantitative estimate of drug-likeness (QED) is 0.0198. The van der Waals surface area contributed by atoms with Crippen LogP contribution in [0.2, 0.25) is 0 Å². The van der Waals surface area contributed by atoms with Crippen LogP contribution in [-0.2, 0) is 27.9 Å². The molecule has 2 unspecified atom stereocenters. The van der Waals surface area contributed by atoms with Crippen molar-refractivity contribution < 1.29 is 37.3 Å². The van der Waals surface area contributed by atoms with E-state index in [9.17, 15) is 14.3 Å². The monoisotopic (exact) mass is 840 g/mol. The Balaban J connectivity index is 4.19. The number of ether oxygens (including phenoxy) is 2. The first-order valence-electron chi connectivity index (χ1n) is 24.2.